The molecule has 1 fully saturated rings. The van der Waals surface area contributed by atoms with Gasteiger partial charge in [-0.05, 0) is 23.6 Å². The summed E-state index contributed by atoms with van der Waals surface area (Å²) in [6.45, 7) is 0.756. The van der Waals surface area contributed by atoms with Crippen LogP contribution in [0.1, 0.15) is 29.3 Å². The number of carbonyl (C=O) groups is 2. The number of nitrogens with zero attached hydrogens (tertiary/aromatic N) is 2. The normalized spacial score (nSPS) is 23.2. The van der Waals surface area contributed by atoms with Crippen LogP contribution in [0.4, 0.5) is 0 Å². The van der Waals surface area contributed by atoms with E-state index in [1.54, 1.807) is 7.05 Å². The zero-order chi connectivity index (χ0) is 18.5. The number of fused-ring (bicyclic) bond motifs is 3. The Labute approximate surface area is 157 Å². The summed E-state index contributed by atoms with van der Waals surface area (Å²) in [4.78, 5) is 31.9. The molecule has 0 aliphatic carbocycles. The highest BCUT2D eigenvalue weighted by molar-refractivity contribution is 6.05. The molecular formula is C22H21N3O2. The topological polar surface area (TPSA) is 56.4 Å². The first-order valence-corrected chi connectivity index (χ1v) is 9.35. The number of rotatable bonds is 2. The fraction of sp³-hybridized carbons (Fsp3) is 0.273. The van der Waals surface area contributed by atoms with Gasteiger partial charge >= 0.3 is 0 Å². The van der Waals surface area contributed by atoms with Gasteiger partial charge < -0.3 is 4.98 Å². The Kier molecular flexibility index (Phi) is 3.65. The fourth-order valence-electron chi connectivity index (χ4n) is 4.58. The van der Waals surface area contributed by atoms with Crippen LogP contribution in [0.15, 0.2) is 54.6 Å². The zero-order valence-electron chi connectivity index (χ0n) is 15.2. The van der Waals surface area contributed by atoms with E-state index in [0.717, 1.165) is 29.7 Å². The van der Waals surface area contributed by atoms with Crippen LogP contribution in [-0.2, 0) is 16.0 Å². The minimum absolute atomic E-state index is 0.0596. The highest BCUT2D eigenvalue weighted by Crippen LogP contribution is 2.40. The number of benzene rings is 2. The summed E-state index contributed by atoms with van der Waals surface area (Å²) < 4.78 is 0. The Morgan fingerprint density at radius 1 is 1.00 bits per heavy atom. The van der Waals surface area contributed by atoms with Gasteiger partial charge in [-0.25, -0.2) is 0 Å². The van der Waals surface area contributed by atoms with E-state index in [2.05, 4.69) is 40.2 Å². The van der Waals surface area contributed by atoms with Gasteiger partial charge in [0.1, 0.15) is 0 Å². The third-order valence-electron chi connectivity index (χ3n) is 5.95. The second kappa shape index (κ2) is 6.06. The van der Waals surface area contributed by atoms with E-state index in [1.165, 1.54) is 15.8 Å². The van der Waals surface area contributed by atoms with E-state index in [4.69, 9.17) is 0 Å². The first-order valence-electron chi connectivity index (χ1n) is 9.35. The van der Waals surface area contributed by atoms with Crippen LogP contribution in [0, 0.1) is 0 Å². The highest BCUT2D eigenvalue weighted by atomic mass is 16.2. The van der Waals surface area contributed by atoms with Crippen molar-refractivity contribution in [3.8, 4) is 0 Å². The predicted molar refractivity (Wildman–Crippen MR) is 103 cm³/mol. The molecule has 1 saturated heterocycles. The molecule has 27 heavy (non-hydrogen) atoms. The minimum atomic E-state index is -0.396. The van der Waals surface area contributed by atoms with E-state index in [-0.39, 0.29) is 24.3 Å². The van der Waals surface area contributed by atoms with Gasteiger partial charge in [-0.15, -0.1) is 0 Å². The average molecular weight is 359 g/mol. The molecule has 0 saturated carbocycles. The number of carbonyl (C=O) groups excluding carboxylic acids is 2. The maximum atomic E-state index is 12.7. The number of para-hydroxylation sites is 1. The van der Waals surface area contributed by atoms with Crippen LogP contribution in [0.5, 0.6) is 0 Å². The van der Waals surface area contributed by atoms with Gasteiger partial charge in [-0.1, -0.05) is 48.5 Å². The van der Waals surface area contributed by atoms with E-state index in [1.807, 2.05) is 24.3 Å². The van der Waals surface area contributed by atoms with Crippen LogP contribution in [0.25, 0.3) is 10.9 Å². The molecule has 3 aromatic rings. The van der Waals surface area contributed by atoms with E-state index < -0.39 is 6.04 Å². The number of aromatic nitrogens is 1. The van der Waals surface area contributed by atoms with Crippen molar-refractivity contribution in [2.45, 2.75) is 24.9 Å². The molecule has 0 unspecified atom stereocenters. The van der Waals surface area contributed by atoms with Crippen LogP contribution >= 0.6 is 0 Å². The van der Waals surface area contributed by atoms with Crippen molar-refractivity contribution in [2.75, 3.05) is 13.6 Å². The Bertz CT molecular complexity index is 1040. The first kappa shape index (κ1) is 16.3. The second-order valence-corrected chi connectivity index (χ2v) is 7.37. The van der Waals surface area contributed by atoms with Crippen molar-refractivity contribution in [3.05, 3.63) is 71.4 Å². The molecule has 0 spiro atoms. The molecule has 0 bridgehead atoms. The minimum Gasteiger partial charge on any atom is -0.357 e. The summed E-state index contributed by atoms with van der Waals surface area (Å²) in [5, 5.41) is 1.25. The molecule has 2 atom stereocenters. The molecule has 0 radical (unpaired) electrons. The van der Waals surface area contributed by atoms with Gasteiger partial charge in [0.2, 0.25) is 11.8 Å². The maximum Gasteiger partial charge on any atom is 0.246 e. The number of amides is 2. The van der Waals surface area contributed by atoms with Gasteiger partial charge in [-0.2, -0.15) is 0 Å². The molecule has 136 valence electrons. The second-order valence-electron chi connectivity index (χ2n) is 7.37. The largest absolute Gasteiger partial charge is 0.357 e. The number of likely N-dealkylation sites (tertiary alicyclic amines) is 1. The van der Waals surface area contributed by atoms with Crippen LogP contribution in [-0.4, -0.2) is 46.2 Å². The maximum absolute atomic E-state index is 12.7. The molecule has 1 aromatic heterocycles. The fourth-order valence-corrected chi connectivity index (χ4v) is 4.58. The smallest absolute Gasteiger partial charge is 0.246 e. The molecule has 2 aliphatic heterocycles. The summed E-state index contributed by atoms with van der Waals surface area (Å²) in [6, 6.07) is 18.1. The number of likely N-dealkylation sites (N-methyl/N-ethyl adjacent to an activating group) is 1. The predicted octanol–water partition coefficient (Wildman–Crippen LogP) is 2.87. The molecule has 1 N–H and O–H groups in total. The van der Waals surface area contributed by atoms with Gasteiger partial charge in [0.05, 0.1) is 18.5 Å². The number of nitrogens with one attached hydrogen (secondary N) is 1. The molecule has 5 nitrogen and oxygen atoms in total. The Balaban J connectivity index is 1.67. The summed E-state index contributed by atoms with van der Waals surface area (Å²) in [5.41, 5.74) is 4.72. The van der Waals surface area contributed by atoms with Gasteiger partial charge in [0.15, 0.2) is 0 Å². The van der Waals surface area contributed by atoms with Gasteiger partial charge in [-0.3, -0.25) is 19.4 Å². The number of H-pyrrole nitrogens is 1. The zero-order valence-corrected chi connectivity index (χ0v) is 15.2. The van der Waals surface area contributed by atoms with Crippen LogP contribution in [0.3, 0.4) is 0 Å². The Hall–Kier alpha value is -2.92. The van der Waals surface area contributed by atoms with Crippen molar-refractivity contribution >= 4 is 22.7 Å². The Morgan fingerprint density at radius 3 is 2.48 bits per heavy atom. The standard InChI is InChI=1S/C22H21N3O2/c1-24-19(26)13-18(22(24)27)25-12-11-16-15-9-5-6-10-17(15)23-20(16)21(25)14-7-3-2-4-8-14/h2-10,18,21,23H,11-13H2,1H3/t18-,21-/m1/s1. The Morgan fingerprint density at radius 2 is 1.74 bits per heavy atom. The van der Waals surface area contributed by atoms with Crippen molar-refractivity contribution < 1.29 is 9.59 Å². The lowest BCUT2D eigenvalue weighted by Gasteiger charge is -2.39. The van der Waals surface area contributed by atoms with Crippen molar-refractivity contribution in [1.82, 2.24) is 14.8 Å². The van der Waals surface area contributed by atoms with Gasteiger partial charge in [0.25, 0.3) is 0 Å². The number of hydrogen-bond donors (Lipinski definition) is 1. The summed E-state index contributed by atoms with van der Waals surface area (Å²) in [5.74, 6) is -0.195. The number of hydrogen-bond acceptors (Lipinski definition) is 3. The SMILES string of the molecule is CN1C(=O)C[C@@H](N2CCc3c([nH]c4ccccc34)[C@H]2c2ccccc2)C1=O. The lowest BCUT2D eigenvalue weighted by molar-refractivity contribution is -0.138. The lowest BCUT2D eigenvalue weighted by Crippen LogP contribution is -2.46. The molecule has 3 heterocycles. The molecule has 2 aromatic carbocycles. The van der Waals surface area contributed by atoms with E-state index >= 15 is 0 Å². The van der Waals surface area contributed by atoms with Crippen molar-refractivity contribution in [2.24, 2.45) is 0 Å². The average Bonchev–Trinajstić information content (AvgIpc) is 3.20. The van der Waals surface area contributed by atoms with Crippen molar-refractivity contribution in [1.29, 1.82) is 0 Å². The lowest BCUT2D eigenvalue weighted by atomic mass is 9.90. The number of aromatic amines is 1. The first-order chi connectivity index (χ1) is 13.1. The monoisotopic (exact) mass is 359 g/mol. The van der Waals surface area contributed by atoms with Crippen LogP contribution < -0.4 is 0 Å². The molecule has 2 aliphatic rings. The van der Waals surface area contributed by atoms with E-state index in [0.29, 0.717) is 0 Å². The summed E-state index contributed by atoms with van der Waals surface area (Å²) >= 11 is 0. The highest BCUT2D eigenvalue weighted by Gasteiger charge is 2.45. The quantitative estimate of drug-likeness (QED) is 0.716. The summed E-state index contributed by atoms with van der Waals surface area (Å²) in [6.07, 6.45) is 1.12. The number of imide groups is 1. The molecule has 5 rings (SSSR count). The third kappa shape index (κ3) is 2.42. The molecule has 2 amide bonds. The van der Waals surface area contributed by atoms with Gasteiger partial charge in [0, 0.05) is 30.2 Å². The third-order valence-corrected chi connectivity index (χ3v) is 5.95. The van der Waals surface area contributed by atoms with E-state index in [9.17, 15) is 9.59 Å². The summed E-state index contributed by atoms with van der Waals surface area (Å²) in [7, 11) is 1.58. The molecule has 5 heteroatoms. The van der Waals surface area contributed by atoms with Crippen LogP contribution in [0.2, 0.25) is 0 Å². The van der Waals surface area contributed by atoms with Crippen molar-refractivity contribution in [3.63, 3.8) is 0 Å². The molecular weight excluding hydrogens is 338 g/mol.